The van der Waals surface area contributed by atoms with Gasteiger partial charge in [-0.1, -0.05) is 24.1 Å². The minimum absolute atomic E-state index is 0.123. The fourth-order valence-electron chi connectivity index (χ4n) is 5.25. The van der Waals surface area contributed by atoms with Crippen molar-refractivity contribution in [2.24, 2.45) is 5.92 Å². The fraction of sp³-hybridized carbons (Fsp3) is 0.483. The average Bonchev–Trinajstić information content (AvgIpc) is 3.61. The number of nitrogens with one attached hydrogen (secondary N) is 1. The van der Waals surface area contributed by atoms with Gasteiger partial charge in [0, 0.05) is 29.4 Å². The van der Waals surface area contributed by atoms with Crippen molar-refractivity contribution in [3.63, 3.8) is 0 Å². The molecule has 196 valence electrons. The van der Waals surface area contributed by atoms with E-state index >= 15 is 0 Å². The Balaban J connectivity index is 1.45. The molecular weight excluding hydrogens is 481 g/mol. The summed E-state index contributed by atoms with van der Waals surface area (Å²) in [7, 11) is 0. The van der Waals surface area contributed by atoms with Gasteiger partial charge in [-0.25, -0.2) is 4.79 Å². The Hall–Kier alpha value is -3.34. The second-order valence-corrected chi connectivity index (χ2v) is 10.0. The predicted molar refractivity (Wildman–Crippen MR) is 136 cm³/mol. The molecule has 5 rings (SSSR count). The third-order valence-electron chi connectivity index (χ3n) is 7.46. The largest absolute Gasteiger partial charge is 0.494 e. The average molecular weight is 513 g/mol. The topological polar surface area (TPSA) is 50.8 Å². The van der Waals surface area contributed by atoms with Crippen molar-refractivity contribution < 1.29 is 27.4 Å². The predicted octanol–water partition coefficient (Wildman–Crippen LogP) is 7.20. The SMILES string of the molecule is CCOc1ccc2c(c1)N(C1CCC1)C(c1ccc(NC(=O)OC(C)C3CC3)cc1)C2C#CC(F)(F)F. The first-order valence-electron chi connectivity index (χ1n) is 13.0. The van der Waals surface area contributed by atoms with E-state index in [1.165, 1.54) is 5.92 Å². The first-order chi connectivity index (χ1) is 17.7. The first-order valence-corrected chi connectivity index (χ1v) is 13.0. The number of amides is 1. The summed E-state index contributed by atoms with van der Waals surface area (Å²) < 4.78 is 50.7. The van der Waals surface area contributed by atoms with Crippen LogP contribution >= 0.6 is 0 Å². The summed E-state index contributed by atoms with van der Waals surface area (Å²) in [6.45, 7) is 4.29. The Morgan fingerprint density at radius 2 is 1.86 bits per heavy atom. The van der Waals surface area contributed by atoms with E-state index in [2.05, 4.69) is 16.1 Å². The summed E-state index contributed by atoms with van der Waals surface area (Å²) in [5, 5.41) is 2.76. The van der Waals surface area contributed by atoms with Crippen LogP contribution in [-0.4, -0.2) is 31.0 Å². The van der Waals surface area contributed by atoms with E-state index in [-0.39, 0.29) is 18.2 Å². The zero-order valence-electron chi connectivity index (χ0n) is 21.0. The van der Waals surface area contributed by atoms with Crippen LogP contribution in [0, 0.1) is 17.8 Å². The van der Waals surface area contributed by atoms with Crippen molar-refractivity contribution in [1.29, 1.82) is 0 Å². The van der Waals surface area contributed by atoms with Crippen LogP contribution in [-0.2, 0) is 4.74 Å². The van der Waals surface area contributed by atoms with Gasteiger partial charge in [0.1, 0.15) is 11.9 Å². The third-order valence-corrected chi connectivity index (χ3v) is 7.46. The second-order valence-electron chi connectivity index (χ2n) is 10.0. The maximum Gasteiger partial charge on any atom is 0.457 e. The molecule has 3 atom stereocenters. The van der Waals surface area contributed by atoms with Crippen molar-refractivity contribution >= 4 is 17.5 Å². The first kappa shape index (κ1) is 25.3. The number of ether oxygens (including phenoxy) is 2. The second kappa shape index (κ2) is 10.2. The van der Waals surface area contributed by atoms with E-state index in [1.807, 2.05) is 38.1 Å². The molecule has 2 fully saturated rings. The normalized spacial score (nSPS) is 21.8. The summed E-state index contributed by atoms with van der Waals surface area (Å²) in [4.78, 5) is 14.5. The number of fused-ring (bicyclic) bond motifs is 1. The molecule has 3 aliphatic rings. The van der Waals surface area contributed by atoms with Gasteiger partial charge in [-0.15, -0.1) is 0 Å². The number of benzene rings is 2. The molecule has 2 saturated carbocycles. The molecule has 1 aliphatic heterocycles. The smallest absolute Gasteiger partial charge is 0.457 e. The van der Waals surface area contributed by atoms with Gasteiger partial charge in [-0.05, 0) is 81.2 Å². The van der Waals surface area contributed by atoms with Crippen LogP contribution in [0.5, 0.6) is 5.75 Å². The van der Waals surface area contributed by atoms with Crippen LogP contribution in [0.3, 0.4) is 0 Å². The lowest BCUT2D eigenvalue weighted by molar-refractivity contribution is -0.0698. The highest BCUT2D eigenvalue weighted by molar-refractivity contribution is 5.84. The maximum absolute atomic E-state index is 13.2. The number of anilines is 2. The van der Waals surface area contributed by atoms with Crippen LogP contribution in [0.4, 0.5) is 29.3 Å². The molecular formula is C29H31F3N2O3. The van der Waals surface area contributed by atoms with Gasteiger partial charge in [-0.3, -0.25) is 5.32 Å². The lowest BCUT2D eigenvalue weighted by atomic mass is 9.87. The van der Waals surface area contributed by atoms with Crippen LogP contribution in [0.2, 0.25) is 0 Å². The summed E-state index contributed by atoms with van der Waals surface area (Å²) in [5.41, 5.74) is 3.06. The maximum atomic E-state index is 13.2. The van der Waals surface area contributed by atoms with E-state index in [4.69, 9.17) is 9.47 Å². The molecule has 0 radical (unpaired) electrons. The Labute approximate surface area is 215 Å². The quantitative estimate of drug-likeness (QED) is 0.399. The van der Waals surface area contributed by atoms with E-state index in [0.717, 1.165) is 48.9 Å². The molecule has 5 nitrogen and oxygen atoms in total. The van der Waals surface area contributed by atoms with E-state index in [9.17, 15) is 18.0 Å². The summed E-state index contributed by atoms with van der Waals surface area (Å²) in [6, 6.07) is 12.6. The highest BCUT2D eigenvalue weighted by Crippen LogP contribution is 2.53. The minimum atomic E-state index is -4.58. The van der Waals surface area contributed by atoms with Gasteiger partial charge >= 0.3 is 12.3 Å². The lowest BCUT2D eigenvalue weighted by Crippen LogP contribution is -2.41. The molecule has 0 saturated heterocycles. The van der Waals surface area contributed by atoms with E-state index in [1.54, 1.807) is 18.2 Å². The molecule has 2 aromatic carbocycles. The highest BCUT2D eigenvalue weighted by Gasteiger charge is 2.44. The van der Waals surface area contributed by atoms with Crippen molar-refractivity contribution in [3.8, 4) is 17.6 Å². The van der Waals surface area contributed by atoms with E-state index < -0.39 is 18.2 Å². The number of hydrogen-bond donors (Lipinski definition) is 1. The highest BCUT2D eigenvalue weighted by atomic mass is 19.4. The number of rotatable bonds is 7. The molecule has 1 amide bonds. The Bertz CT molecular complexity index is 1190. The van der Waals surface area contributed by atoms with Crippen LogP contribution in [0.1, 0.15) is 69.0 Å². The molecule has 37 heavy (non-hydrogen) atoms. The van der Waals surface area contributed by atoms with Crippen molar-refractivity contribution in [2.45, 2.75) is 76.2 Å². The van der Waals surface area contributed by atoms with Crippen LogP contribution in [0.25, 0.3) is 0 Å². The monoisotopic (exact) mass is 512 g/mol. The van der Waals surface area contributed by atoms with Gasteiger partial charge in [0.2, 0.25) is 0 Å². The van der Waals surface area contributed by atoms with Crippen LogP contribution in [0.15, 0.2) is 42.5 Å². The van der Waals surface area contributed by atoms with Gasteiger partial charge in [-0.2, -0.15) is 13.2 Å². The standard InChI is InChI=1S/C29H31F3N2O3/c1-3-36-23-13-14-24-25(15-16-29(30,31)32)27(34(26(24)17-23)22-5-4-6-22)20-9-11-21(12-10-20)33-28(35)37-18(2)19-7-8-19/h9-14,17-19,22,25,27H,3-8H2,1-2H3,(H,33,35). The van der Waals surface area contributed by atoms with Gasteiger partial charge in [0.15, 0.2) is 0 Å². The molecule has 8 heteroatoms. The Morgan fingerprint density at radius 3 is 2.46 bits per heavy atom. The molecule has 1 heterocycles. The number of hydrogen-bond acceptors (Lipinski definition) is 4. The minimum Gasteiger partial charge on any atom is -0.494 e. The molecule has 2 aliphatic carbocycles. The number of halogens is 3. The van der Waals surface area contributed by atoms with Gasteiger partial charge in [0.25, 0.3) is 0 Å². The van der Waals surface area contributed by atoms with E-state index in [0.29, 0.717) is 24.0 Å². The zero-order valence-corrected chi connectivity index (χ0v) is 21.0. The number of nitrogens with zero attached hydrogens (tertiary/aromatic N) is 1. The molecule has 1 N–H and O–H groups in total. The fourth-order valence-corrected chi connectivity index (χ4v) is 5.25. The Kier molecular flexibility index (Phi) is 6.98. The summed E-state index contributed by atoms with van der Waals surface area (Å²) in [6.07, 6.45) is -0.0271. The van der Waals surface area contributed by atoms with Crippen LogP contribution < -0.4 is 15.0 Å². The number of alkyl halides is 3. The summed E-state index contributed by atoms with van der Waals surface area (Å²) >= 11 is 0. The summed E-state index contributed by atoms with van der Waals surface area (Å²) in [5.74, 6) is 4.54. The van der Waals surface area contributed by atoms with Crippen molar-refractivity contribution in [3.05, 3.63) is 53.6 Å². The Morgan fingerprint density at radius 1 is 1.14 bits per heavy atom. The molecule has 3 unspecified atom stereocenters. The molecule has 0 bridgehead atoms. The van der Waals surface area contributed by atoms with Crippen molar-refractivity contribution in [2.75, 3.05) is 16.8 Å². The van der Waals surface area contributed by atoms with Crippen molar-refractivity contribution in [1.82, 2.24) is 0 Å². The number of carbonyl (C=O) groups is 1. The third kappa shape index (κ3) is 5.66. The lowest BCUT2D eigenvalue weighted by Gasteiger charge is -2.41. The van der Waals surface area contributed by atoms with Gasteiger partial charge < -0.3 is 14.4 Å². The zero-order chi connectivity index (χ0) is 26.2. The number of carbonyl (C=O) groups excluding carboxylic acids is 1. The van der Waals surface area contributed by atoms with Gasteiger partial charge in [0.05, 0.1) is 18.6 Å². The molecule has 0 spiro atoms. The molecule has 0 aromatic heterocycles. The molecule has 2 aromatic rings.